The number of hydrogen-bond donors (Lipinski definition) is 7. The van der Waals surface area contributed by atoms with Crippen molar-refractivity contribution in [3.8, 4) is 0 Å². The largest absolute Gasteiger partial charge is 0.393 e. The molecule has 9 nitrogen and oxygen atoms in total. The van der Waals surface area contributed by atoms with Crippen LogP contribution < -0.4 is 21.3 Å². The fourth-order valence-electron chi connectivity index (χ4n) is 10.5. The van der Waals surface area contributed by atoms with Crippen LogP contribution in [0, 0.1) is 46.3 Å². The molecule has 0 bridgehead atoms. The number of aliphatic hydroxyl groups excluding tert-OH is 3. The minimum absolute atomic E-state index is 0.00465. The molecule has 4 saturated carbocycles. The van der Waals surface area contributed by atoms with Gasteiger partial charge in [-0.2, -0.15) is 0 Å². The van der Waals surface area contributed by atoms with Gasteiger partial charge in [0.2, 0.25) is 11.8 Å². The first-order valence-corrected chi connectivity index (χ1v) is 18.5. The van der Waals surface area contributed by atoms with Gasteiger partial charge in [0.15, 0.2) is 0 Å². The van der Waals surface area contributed by atoms with Crippen LogP contribution in [-0.2, 0) is 9.59 Å². The lowest BCUT2D eigenvalue weighted by molar-refractivity contribution is -0.223. The van der Waals surface area contributed by atoms with Crippen molar-refractivity contribution in [1.29, 1.82) is 0 Å². The lowest BCUT2D eigenvalue weighted by Crippen LogP contribution is -2.64. The van der Waals surface area contributed by atoms with E-state index in [-0.39, 0.29) is 40.6 Å². The predicted molar refractivity (Wildman–Crippen MR) is 178 cm³/mol. The average Bonchev–Trinajstić information content (AvgIpc) is 3.36. The van der Waals surface area contributed by atoms with Crippen molar-refractivity contribution >= 4 is 11.8 Å². The Balaban J connectivity index is 1.10. The summed E-state index contributed by atoms with van der Waals surface area (Å²) in [4.78, 5) is 23.5. The number of hydrogen-bond acceptors (Lipinski definition) is 7. The van der Waals surface area contributed by atoms with Crippen LogP contribution in [0.3, 0.4) is 0 Å². The zero-order valence-electron chi connectivity index (χ0n) is 28.8. The Kier molecular flexibility index (Phi) is 13.6. The van der Waals surface area contributed by atoms with Gasteiger partial charge < -0.3 is 36.6 Å². The van der Waals surface area contributed by atoms with Gasteiger partial charge in [-0.15, -0.1) is 0 Å². The molecule has 7 N–H and O–H groups in total. The lowest BCUT2D eigenvalue weighted by atomic mass is 9.43. The molecule has 0 aliphatic heterocycles. The van der Waals surface area contributed by atoms with Gasteiger partial charge in [-0.1, -0.05) is 20.8 Å². The summed E-state index contributed by atoms with van der Waals surface area (Å²) < 4.78 is 0. The highest BCUT2D eigenvalue weighted by Crippen LogP contribution is 2.68. The molecule has 4 rings (SSSR count). The van der Waals surface area contributed by atoms with Crippen LogP contribution >= 0.6 is 0 Å². The van der Waals surface area contributed by atoms with Crippen molar-refractivity contribution in [2.24, 2.45) is 46.3 Å². The highest BCUT2D eigenvalue weighted by molar-refractivity contribution is 5.75. The molecule has 0 radical (unpaired) electrons. The number of fused-ring (bicyclic) bond motifs is 5. The standard InChI is InChI=1S/C36H66N4O5/c1-24(9-12-31(43)40-22-8-20-38-18-6-5-17-37-19-7-21-39-25(2)41)27-10-11-28-32-29(14-16-35(27,28)3)36(4)15-13-26(42)23-30(36)33(44)34(32)45/h24,26-30,32-34,37-38,42,44-45H,5-23H2,1-4H3,(H,39,41)(H,40,43)/t24-,26-,27-,28+,29+,30+,32+,33-,34+,35-,36-/m1/s1. The Labute approximate surface area is 272 Å². The number of amides is 2. The van der Waals surface area contributed by atoms with Crippen LogP contribution in [0.25, 0.3) is 0 Å². The van der Waals surface area contributed by atoms with Gasteiger partial charge in [-0.3, -0.25) is 9.59 Å². The Bertz CT molecular complexity index is 952. The number of carbonyl (C=O) groups is 2. The summed E-state index contributed by atoms with van der Waals surface area (Å²) in [7, 11) is 0. The molecule has 4 aliphatic carbocycles. The van der Waals surface area contributed by atoms with Crippen molar-refractivity contribution in [2.45, 2.75) is 129 Å². The van der Waals surface area contributed by atoms with E-state index in [2.05, 4.69) is 42.0 Å². The highest BCUT2D eigenvalue weighted by Gasteiger charge is 2.65. The van der Waals surface area contributed by atoms with Crippen molar-refractivity contribution in [3.05, 3.63) is 0 Å². The summed E-state index contributed by atoms with van der Waals surface area (Å²) in [6.07, 6.45) is 10.7. The molecule has 9 heteroatoms. The Morgan fingerprint density at radius 3 is 2.00 bits per heavy atom. The number of carbonyl (C=O) groups excluding carboxylic acids is 2. The zero-order valence-corrected chi connectivity index (χ0v) is 28.8. The van der Waals surface area contributed by atoms with E-state index in [1.54, 1.807) is 6.92 Å². The minimum atomic E-state index is -0.745. The summed E-state index contributed by atoms with van der Waals surface area (Å²) in [5.41, 5.74) is 0.139. The van der Waals surface area contributed by atoms with Gasteiger partial charge in [0.25, 0.3) is 0 Å². The maximum Gasteiger partial charge on any atom is 0.220 e. The minimum Gasteiger partial charge on any atom is -0.393 e. The van der Waals surface area contributed by atoms with Crippen molar-refractivity contribution in [3.63, 3.8) is 0 Å². The molecule has 4 aliphatic rings. The van der Waals surface area contributed by atoms with Crippen molar-refractivity contribution in [1.82, 2.24) is 21.3 Å². The van der Waals surface area contributed by atoms with E-state index < -0.39 is 12.2 Å². The number of nitrogens with one attached hydrogen (secondary N) is 4. The third-order valence-electron chi connectivity index (χ3n) is 13.0. The summed E-state index contributed by atoms with van der Waals surface area (Å²) in [6.45, 7) is 13.9. The maximum atomic E-state index is 12.7. The molecule has 0 spiro atoms. The normalized spacial score (nSPS) is 38.1. The SMILES string of the molecule is CC(=O)NCCCNCCCCNCCCNC(=O)CC[C@@H](C)[C@H]1CC[C@H]2[C@@H]3[C@H](O)[C@H](O)[C@@H]4C[C@H](O)CC[C@]4(C)[C@H]3CC[C@]12C. The van der Waals surface area contributed by atoms with E-state index >= 15 is 0 Å². The molecule has 11 atom stereocenters. The van der Waals surface area contributed by atoms with E-state index in [0.717, 1.165) is 103 Å². The second kappa shape index (κ2) is 16.7. The van der Waals surface area contributed by atoms with E-state index in [4.69, 9.17) is 0 Å². The monoisotopic (exact) mass is 635 g/mol. The lowest BCUT2D eigenvalue weighted by Gasteiger charge is -2.63. The van der Waals surface area contributed by atoms with Crippen LogP contribution in [-0.4, -0.2) is 84.7 Å². The second-order valence-electron chi connectivity index (χ2n) is 15.8. The van der Waals surface area contributed by atoms with Gasteiger partial charge in [0.1, 0.15) is 0 Å². The molecule has 0 heterocycles. The fourth-order valence-corrected chi connectivity index (χ4v) is 10.5. The first-order chi connectivity index (χ1) is 21.5. The molecule has 0 aromatic heterocycles. The average molecular weight is 635 g/mol. The molecule has 45 heavy (non-hydrogen) atoms. The van der Waals surface area contributed by atoms with Gasteiger partial charge in [-0.05, 0) is 150 Å². The van der Waals surface area contributed by atoms with Crippen LogP contribution in [0.2, 0.25) is 0 Å². The molecule has 0 unspecified atom stereocenters. The molecule has 0 saturated heterocycles. The van der Waals surface area contributed by atoms with Crippen LogP contribution in [0.5, 0.6) is 0 Å². The van der Waals surface area contributed by atoms with Gasteiger partial charge >= 0.3 is 0 Å². The predicted octanol–water partition coefficient (Wildman–Crippen LogP) is 3.36. The highest BCUT2D eigenvalue weighted by atomic mass is 16.3. The topological polar surface area (TPSA) is 143 Å². The van der Waals surface area contributed by atoms with Gasteiger partial charge in [0, 0.05) is 26.4 Å². The number of unbranched alkanes of at least 4 members (excludes halogenated alkanes) is 1. The molecular formula is C36H66N4O5. The Hall–Kier alpha value is -1.26. The smallest absolute Gasteiger partial charge is 0.220 e. The summed E-state index contributed by atoms with van der Waals surface area (Å²) in [6, 6.07) is 0. The summed E-state index contributed by atoms with van der Waals surface area (Å²) >= 11 is 0. The van der Waals surface area contributed by atoms with E-state index in [1.807, 2.05) is 0 Å². The van der Waals surface area contributed by atoms with Crippen LogP contribution in [0.1, 0.15) is 111 Å². The van der Waals surface area contributed by atoms with Gasteiger partial charge in [-0.25, -0.2) is 0 Å². The quantitative estimate of drug-likeness (QED) is 0.122. The van der Waals surface area contributed by atoms with Crippen LogP contribution in [0.4, 0.5) is 0 Å². The van der Waals surface area contributed by atoms with E-state index in [9.17, 15) is 24.9 Å². The fraction of sp³-hybridized carbons (Fsp3) is 0.944. The molecule has 0 aromatic rings. The van der Waals surface area contributed by atoms with E-state index in [0.29, 0.717) is 43.1 Å². The zero-order chi connectivity index (χ0) is 32.6. The Morgan fingerprint density at radius 2 is 1.33 bits per heavy atom. The second-order valence-corrected chi connectivity index (χ2v) is 15.8. The first kappa shape index (κ1) is 36.6. The molecule has 260 valence electrons. The van der Waals surface area contributed by atoms with Crippen molar-refractivity contribution < 1.29 is 24.9 Å². The number of rotatable bonds is 17. The van der Waals surface area contributed by atoms with Gasteiger partial charge in [0.05, 0.1) is 18.3 Å². The summed E-state index contributed by atoms with van der Waals surface area (Å²) in [5, 5.41) is 46.0. The van der Waals surface area contributed by atoms with Crippen molar-refractivity contribution in [2.75, 3.05) is 39.3 Å². The third kappa shape index (κ3) is 8.81. The summed E-state index contributed by atoms with van der Waals surface area (Å²) in [5.74, 6) is 2.12. The molecular weight excluding hydrogens is 568 g/mol. The first-order valence-electron chi connectivity index (χ1n) is 18.5. The molecule has 0 aromatic carbocycles. The number of aliphatic hydroxyl groups is 3. The maximum absolute atomic E-state index is 12.7. The van der Waals surface area contributed by atoms with E-state index in [1.165, 1.54) is 0 Å². The molecule has 2 amide bonds. The third-order valence-corrected chi connectivity index (χ3v) is 13.0. The Morgan fingerprint density at radius 1 is 0.733 bits per heavy atom. The molecule has 4 fully saturated rings. The van der Waals surface area contributed by atoms with Crippen LogP contribution in [0.15, 0.2) is 0 Å².